The minimum atomic E-state index is -0.0143. The zero-order valence-electron chi connectivity index (χ0n) is 19.8. The van der Waals surface area contributed by atoms with E-state index in [1.807, 2.05) is 11.8 Å². The number of aryl methyl sites for hydroxylation is 1. The Kier molecular flexibility index (Phi) is 6.67. The molecule has 0 saturated carbocycles. The molecule has 1 aromatic heterocycles. The van der Waals surface area contributed by atoms with Gasteiger partial charge in [0.25, 0.3) is 0 Å². The van der Waals surface area contributed by atoms with Crippen LogP contribution in [0.2, 0.25) is 0 Å². The maximum atomic E-state index is 12.4. The van der Waals surface area contributed by atoms with E-state index >= 15 is 0 Å². The van der Waals surface area contributed by atoms with Gasteiger partial charge in [0, 0.05) is 70.5 Å². The van der Waals surface area contributed by atoms with Crippen LogP contribution >= 0.6 is 0 Å². The van der Waals surface area contributed by atoms with Crippen LogP contribution in [0.4, 0.5) is 22.2 Å². The summed E-state index contributed by atoms with van der Waals surface area (Å²) in [5.41, 5.74) is 4.72. The van der Waals surface area contributed by atoms with Crippen molar-refractivity contribution in [2.75, 3.05) is 67.6 Å². The Morgan fingerprint density at radius 1 is 1.03 bits per heavy atom. The van der Waals surface area contributed by atoms with Gasteiger partial charge in [0.15, 0.2) is 0 Å². The molecule has 1 aromatic carbocycles. The second-order valence-electron chi connectivity index (χ2n) is 8.60. The van der Waals surface area contributed by atoms with E-state index in [-0.39, 0.29) is 6.03 Å². The highest BCUT2D eigenvalue weighted by molar-refractivity contribution is 5.75. The van der Waals surface area contributed by atoms with E-state index < -0.39 is 0 Å². The molecular weight excluding hydrogens is 402 g/mol. The van der Waals surface area contributed by atoms with Gasteiger partial charge in [-0.2, -0.15) is 4.98 Å². The number of urea groups is 1. The normalized spacial score (nSPS) is 16.1. The van der Waals surface area contributed by atoms with Crippen LogP contribution in [-0.2, 0) is 13.0 Å². The first-order valence-electron chi connectivity index (χ1n) is 11.7. The zero-order chi connectivity index (χ0) is 22.7. The standard InChI is InChI=1S/C24H35N7O/c1-5-25-24(32)31-12-11-21-20(17-31)22(28(4)6-2)27-23(26-21)30-15-13-29(14-16-30)19-9-7-18(3)8-10-19/h7-10H,5-6,11-17H2,1-4H3,(H,25,32). The van der Waals surface area contributed by atoms with Crippen LogP contribution in [0.1, 0.15) is 30.7 Å². The fourth-order valence-electron chi connectivity index (χ4n) is 4.35. The van der Waals surface area contributed by atoms with Gasteiger partial charge >= 0.3 is 6.03 Å². The van der Waals surface area contributed by atoms with Crippen molar-refractivity contribution in [1.29, 1.82) is 0 Å². The van der Waals surface area contributed by atoms with E-state index in [2.05, 4.69) is 65.2 Å². The number of anilines is 3. The molecule has 4 rings (SSSR count). The summed E-state index contributed by atoms with van der Waals surface area (Å²) in [5, 5.41) is 2.91. The highest BCUT2D eigenvalue weighted by Crippen LogP contribution is 2.29. The van der Waals surface area contributed by atoms with Crippen molar-refractivity contribution in [2.24, 2.45) is 0 Å². The fraction of sp³-hybridized carbons (Fsp3) is 0.542. The van der Waals surface area contributed by atoms with Crippen LogP contribution < -0.4 is 20.0 Å². The summed E-state index contributed by atoms with van der Waals surface area (Å²) in [5.74, 6) is 1.76. The third-order valence-electron chi connectivity index (χ3n) is 6.44. The minimum Gasteiger partial charge on any atom is -0.368 e. The summed E-state index contributed by atoms with van der Waals surface area (Å²) in [6, 6.07) is 8.74. The average Bonchev–Trinajstić information content (AvgIpc) is 2.83. The number of carbonyl (C=O) groups is 1. The zero-order valence-corrected chi connectivity index (χ0v) is 19.8. The molecule has 8 nitrogen and oxygen atoms in total. The van der Waals surface area contributed by atoms with Crippen molar-refractivity contribution >= 4 is 23.5 Å². The molecule has 1 N–H and O–H groups in total. The lowest BCUT2D eigenvalue weighted by Gasteiger charge is -2.37. The lowest BCUT2D eigenvalue weighted by molar-refractivity contribution is 0.192. The molecule has 2 amide bonds. The van der Waals surface area contributed by atoms with Crippen LogP contribution in [0.15, 0.2) is 24.3 Å². The third kappa shape index (κ3) is 4.59. The summed E-state index contributed by atoms with van der Waals surface area (Å²) >= 11 is 0. The molecule has 1 saturated heterocycles. The van der Waals surface area contributed by atoms with Gasteiger partial charge in [-0.05, 0) is 32.9 Å². The molecule has 3 heterocycles. The van der Waals surface area contributed by atoms with Crippen LogP contribution in [0, 0.1) is 6.92 Å². The molecule has 0 unspecified atom stereocenters. The molecule has 2 aliphatic heterocycles. The smallest absolute Gasteiger partial charge is 0.317 e. The SMILES string of the molecule is CCNC(=O)N1CCc2nc(N3CCN(c4ccc(C)cc4)CC3)nc(N(C)CC)c2C1. The average molecular weight is 438 g/mol. The molecule has 0 spiro atoms. The van der Waals surface area contributed by atoms with Gasteiger partial charge in [-0.1, -0.05) is 17.7 Å². The van der Waals surface area contributed by atoms with Gasteiger partial charge in [0.05, 0.1) is 12.2 Å². The third-order valence-corrected chi connectivity index (χ3v) is 6.44. The summed E-state index contributed by atoms with van der Waals surface area (Å²) < 4.78 is 0. The Balaban J connectivity index is 1.53. The summed E-state index contributed by atoms with van der Waals surface area (Å²) in [7, 11) is 2.06. The van der Waals surface area contributed by atoms with E-state index in [0.717, 1.165) is 62.2 Å². The van der Waals surface area contributed by atoms with E-state index in [1.165, 1.54) is 11.3 Å². The predicted octanol–water partition coefficient (Wildman–Crippen LogP) is 2.66. The fourth-order valence-corrected chi connectivity index (χ4v) is 4.35. The lowest BCUT2D eigenvalue weighted by Crippen LogP contribution is -2.47. The van der Waals surface area contributed by atoms with Gasteiger partial charge in [-0.25, -0.2) is 9.78 Å². The maximum absolute atomic E-state index is 12.4. The van der Waals surface area contributed by atoms with Gasteiger partial charge in [0.2, 0.25) is 5.95 Å². The van der Waals surface area contributed by atoms with Crippen molar-refractivity contribution in [2.45, 2.75) is 33.7 Å². The second kappa shape index (κ2) is 9.63. The molecule has 1 fully saturated rings. The maximum Gasteiger partial charge on any atom is 0.317 e. The second-order valence-corrected chi connectivity index (χ2v) is 8.60. The first-order chi connectivity index (χ1) is 15.5. The summed E-state index contributed by atoms with van der Waals surface area (Å²) in [4.78, 5) is 31.1. The van der Waals surface area contributed by atoms with Crippen LogP contribution in [-0.4, -0.2) is 73.8 Å². The van der Waals surface area contributed by atoms with Gasteiger partial charge in [-0.3, -0.25) is 0 Å². The number of nitrogens with zero attached hydrogens (tertiary/aromatic N) is 6. The number of benzene rings is 1. The van der Waals surface area contributed by atoms with Crippen molar-refractivity contribution in [3.8, 4) is 0 Å². The topological polar surface area (TPSA) is 67.8 Å². The van der Waals surface area contributed by atoms with Crippen LogP contribution in [0.25, 0.3) is 0 Å². The van der Waals surface area contributed by atoms with Crippen molar-refractivity contribution < 1.29 is 4.79 Å². The Hall–Kier alpha value is -3.03. The van der Waals surface area contributed by atoms with Crippen molar-refractivity contribution in [3.63, 3.8) is 0 Å². The van der Waals surface area contributed by atoms with E-state index in [0.29, 0.717) is 19.6 Å². The number of hydrogen-bond acceptors (Lipinski definition) is 6. The van der Waals surface area contributed by atoms with Crippen LogP contribution in [0.3, 0.4) is 0 Å². The molecular formula is C24H35N7O. The number of piperazine rings is 1. The van der Waals surface area contributed by atoms with Gasteiger partial charge in [0.1, 0.15) is 5.82 Å². The largest absolute Gasteiger partial charge is 0.368 e. The molecule has 172 valence electrons. The number of nitrogens with one attached hydrogen (secondary N) is 1. The summed E-state index contributed by atoms with van der Waals surface area (Å²) in [6.45, 7) is 12.6. The minimum absolute atomic E-state index is 0.0143. The predicted molar refractivity (Wildman–Crippen MR) is 130 cm³/mol. The Bertz CT molecular complexity index is 938. The number of hydrogen-bond donors (Lipinski definition) is 1. The number of amides is 2. The van der Waals surface area contributed by atoms with Crippen molar-refractivity contribution in [3.05, 3.63) is 41.1 Å². The Morgan fingerprint density at radius 3 is 2.38 bits per heavy atom. The van der Waals surface area contributed by atoms with E-state index in [4.69, 9.17) is 9.97 Å². The Morgan fingerprint density at radius 2 is 1.72 bits per heavy atom. The molecule has 8 heteroatoms. The molecule has 0 radical (unpaired) electrons. The molecule has 32 heavy (non-hydrogen) atoms. The monoisotopic (exact) mass is 437 g/mol. The number of rotatable bonds is 5. The van der Waals surface area contributed by atoms with E-state index in [1.54, 1.807) is 0 Å². The Labute approximate surface area is 191 Å². The van der Waals surface area contributed by atoms with Gasteiger partial charge < -0.3 is 24.9 Å². The first kappa shape index (κ1) is 22.2. The molecule has 2 aliphatic rings. The molecule has 0 bridgehead atoms. The highest BCUT2D eigenvalue weighted by atomic mass is 16.2. The molecule has 0 atom stereocenters. The number of carbonyl (C=O) groups excluding carboxylic acids is 1. The number of fused-ring (bicyclic) bond motifs is 1. The van der Waals surface area contributed by atoms with Crippen molar-refractivity contribution in [1.82, 2.24) is 20.2 Å². The molecule has 0 aliphatic carbocycles. The van der Waals surface area contributed by atoms with Gasteiger partial charge in [-0.15, -0.1) is 0 Å². The number of aromatic nitrogens is 2. The van der Waals surface area contributed by atoms with E-state index in [9.17, 15) is 4.79 Å². The van der Waals surface area contributed by atoms with Crippen LogP contribution in [0.5, 0.6) is 0 Å². The highest BCUT2D eigenvalue weighted by Gasteiger charge is 2.28. The quantitative estimate of drug-likeness (QED) is 0.776. The summed E-state index contributed by atoms with van der Waals surface area (Å²) in [6.07, 6.45) is 0.760. The molecule has 2 aromatic rings. The first-order valence-corrected chi connectivity index (χ1v) is 11.7. The lowest BCUT2D eigenvalue weighted by atomic mass is 10.1.